The number of carbonyl (C=O) groups is 2. The number of rotatable bonds is 5. The Balaban J connectivity index is 1.32. The van der Waals surface area contributed by atoms with E-state index < -0.39 is 0 Å². The molecule has 0 atom stereocenters. The van der Waals surface area contributed by atoms with Crippen molar-refractivity contribution in [3.05, 3.63) is 87.7 Å². The number of amides is 2. The number of hydrogen-bond donors (Lipinski definition) is 0. The van der Waals surface area contributed by atoms with Crippen LogP contribution in [0.3, 0.4) is 0 Å². The lowest BCUT2D eigenvalue weighted by atomic mass is 10.2. The zero-order valence-electron chi connectivity index (χ0n) is 16.1. The Morgan fingerprint density at radius 2 is 1.42 bits per heavy atom. The van der Waals surface area contributed by atoms with Gasteiger partial charge in [0.15, 0.2) is 0 Å². The molecule has 0 N–H and O–H groups in total. The fourth-order valence-electron chi connectivity index (χ4n) is 3.09. The molecule has 5 rings (SSSR count). The molecule has 0 saturated carbocycles. The smallest absolute Gasteiger partial charge is 0.268 e. The van der Waals surface area contributed by atoms with Gasteiger partial charge in [-0.3, -0.25) is 14.5 Å². The highest BCUT2D eigenvalue weighted by Gasteiger charge is 2.35. The summed E-state index contributed by atoms with van der Waals surface area (Å²) in [5.41, 5.74) is 3.42. The summed E-state index contributed by atoms with van der Waals surface area (Å²) in [5, 5.41) is 5.24. The van der Waals surface area contributed by atoms with Crippen molar-refractivity contribution in [2.75, 3.05) is 0 Å². The van der Waals surface area contributed by atoms with Crippen LogP contribution in [0, 0.1) is 0 Å². The molecule has 0 spiro atoms. The fraction of sp³-hybridized carbons (Fsp3) is 0.0435. The molecule has 31 heavy (non-hydrogen) atoms. The second-order valence-electron chi connectivity index (χ2n) is 6.72. The van der Waals surface area contributed by atoms with E-state index in [4.69, 9.17) is 0 Å². The fourth-order valence-corrected chi connectivity index (χ4v) is 5.51. The van der Waals surface area contributed by atoms with Crippen molar-refractivity contribution >= 4 is 51.7 Å². The highest BCUT2D eigenvalue weighted by Crippen LogP contribution is 2.35. The molecule has 0 radical (unpaired) electrons. The Kier molecular flexibility index (Phi) is 5.50. The second-order valence-corrected chi connectivity index (χ2v) is 9.43. The molecular formula is C23H15N3O2S3. The van der Waals surface area contributed by atoms with Gasteiger partial charge in [-0.15, -0.1) is 22.7 Å². The maximum absolute atomic E-state index is 12.8. The van der Waals surface area contributed by atoms with Gasteiger partial charge in [0.05, 0.1) is 22.8 Å². The number of thiazole rings is 2. The molecule has 1 saturated heterocycles. The minimum absolute atomic E-state index is 0.164. The van der Waals surface area contributed by atoms with Gasteiger partial charge in [0.25, 0.3) is 11.1 Å². The van der Waals surface area contributed by atoms with Gasteiger partial charge in [0.1, 0.15) is 10.0 Å². The second kappa shape index (κ2) is 8.58. The molecule has 3 heterocycles. The summed E-state index contributed by atoms with van der Waals surface area (Å²) in [6.07, 6.45) is 1.68. The van der Waals surface area contributed by atoms with Crippen molar-refractivity contribution in [1.29, 1.82) is 0 Å². The molecule has 152 valence electrons. The lowest BCUT2D eigenvalue weighted by molar-refractivity contribution is -0.123. The van der Waals surface area contributed by atoms with Crippen LogP contribution in [-0.2, 0) is 11.3 Å². The van der Waals surface area contributed by atoms with Gasteiger partial charge in [0, 0.05) is 21.9 Å². The molecular weight excluding hydrogens is 446 g/mol. The number of carbonyl (C=O) groups excluding carboxylic acids is 2. The minimum atomic E-state index is -0.307. The highest BCUT2D eigenvalue weighted by atomic mass is 32.2. The number of nitrogens with zero attached hydrogens (tertiary/aromatic N) is 3. The van der Waals surface area contributed by atoms with E-state index in [1.807, 2.05) is 71.4 Å². The molecule has 0 bridgehead atoms. The van der Waals surface area contributed by atoms with Crippen molar-refractivity contribution in [1.82, 2.24) is 14.9 Å². The highest BCUT2D eigenvalue weighted by molar-refractivity contribution is 8.18. The van der Waals surface area contributed by atoms with Crippen LogP contribution in [0.5, 0.6) is 0 Å². The predicted octanol–water partition coefficient (Wildman–Crippen LogP) is 6.17. The summed E-state index contributed by atoms with van der Waals surface area (Å²) in [5.74, 6) is -0.307. The van der Waals surface area contributed by atoms with E-state index in [0.717, 1.165) is 32.9 Å². The quantitative estimate of drug-likeness (QED) is 0.333. The normalized spacial score (nSPS) is 15.2. The van der Waals surface area contributed by atoms with E-state index in [1.165, 1.54) is 27.6 Å². The number of imide groups is 1. The minimum Gasteiger partial charge on any atom is -0.268 e. The van der Waals surface area contributed by atoms with Crippen molar-refractivity contribution in [2.45, 2.75) is 6.54 Å². The Morgan fingerprint density at radius 3 is 2.10 bits per heavy atom. The van der Waals surface area contributed by atoms with Crippen LogP contribution in [0.4, 0.5) is 4.79 Å². The molecule has 1 aliphatic rings. The van der Waals surface area contributed by atoms with Crippen LogP contribution < -0.4 is 0 Å². The van der Waals surface area contributed by atoms with Gasteiger partial charge in [-0.05, 0) is 17.8 Å². The molecule has 1 aliphatic heterocycles. The Bertz CT molecular complexity index is 1280. The largest absolute Gasteiger partial charge is 0.293 e. The standard InChI is InChI=1S/C23H15N3O2S3/c27-22-19(11-17-13-29-20(24-17)15-7-3-1-4-8-15)31-23(28)26(22)12-18-14-30-21(25-18)16-9-5-2-6-10-16/h1-11,13-14H,12H2/b19-11+. The third kappa shape index (κ3) is 4.23. The topological polar surface area (TPSA) is 63.2 Å². The van der Waals surface area contributed by atoms with Gasteiger partial charge in [-0.1, -0.05) is 60.7 Å². The van der Waals surface area contributed by atoms with Crippen LogP contribution in [0.15, 0.2) is 76.3 Å². The monoisotopic (exact) mass is 461 g/mol. The molecule has 0 aliphatic carbocycles. The Labute approximate surface area is 191 Å². The molecule has 5 nitrogen and oxygen atoms in total. The average Bonchev–Trinajstić information content (AvgIpc) is 3.52. The first kappa shape index (κ1) is 19.9. The first-order valence-electron chi connectivity index (χ1n) is 9.43. The lowest BCUT2D eigenvalue weighted by Crippen LogP contribution is -2.27. The van der Waals surface area contributed by atoms with Crippen LogP contribution >= 0.6 is 34.4 Å². The van der Waals surface area contributed by atoms with E-state index in [-0.39, 0.29) is 17.7 Å². The number of thioether (sulfide) groups is 1. The van der Waals surface area contributed by atoms with Crippen LogP contribution in [-0.4, -0.2) is 26.0 Å². The van der Waals surface area contributed by atoms with Gasteiger partial charge in [-0.25, -0.2) is 9.97 Å². The lowest BCUT2D eigenvalue weighted by Gasteiger charge is -2.09. The number of aromatic nitrogens is 2. The van der Waals surface area contributed by atoms with Gasteiger partial charge in [0.2, 0.25) is 0 Å². The first-order valence-corrected chi connectivity index (χ1v) is 12.0. The maximum Gasteiger partial charge on any atom is 0.293 e. The third-order valence-corrected chi connectivity index (χ3v) is 7.35. The van der Waals surface area contributed by atoms with E-state index in [0.29, 0.717) is 16.3 Å². The molecule has 2 amide bonds. The van der Waals surface area contributed by atoms with E-state index in [1.54, 1.807) is 6.08 Å². The number of hydrogen-bond acceptors (Lipinski definition) is 7. The van der Waals surface area contributed by atoms with E-state index in [9.17, 15) is 9.59 Å². The van der Waals surface area contributed by atoms with Crippen LogP contribution in [0.2, 0.25) is 0 Å². The van der Waals surface area contributed by atoms with Crippen LogP contribution in [0.25, 0.3) is 27.2 Å². The van der Waals surface area contributed by atoms with Crippen molar-refractivity contribution in [3.8, 4) is 21.1 Å². The van der Waals surface area contributed by atoms with Gasteiger partial charge in [-0.2, -0.15) is 0 Å². The Morgan fingerprint density at radius 1 is 0.806 bits per heavy atom. The zero-order valence-corrected chi connectivity index (χ0v) is 18.5. The SMILES string of the molecule is O=C1S/C(=C/c2csc(-c3ccccc3)n2)C(=O)N1Cc1csc(-c2ccccc2)n1. The van der Waals surface area contributed by atoms with Crippen LogP contribution in [0.1, 0.15) is 11.4 Å². The summed E-state index contributed by atoms with van der Waals surface area (Å²) >= 11 is 3.95. The molecule has 0 unspecified atom stereocenters. The molecule has 4 aromatic rings. The Hall–Kier alpha value is -3.07. The molecule has 2 aromatic heterocycles. The average molecular weight is 462 g/mol. The molecule has 1 fully saturated rings. The predicted molar refractivity (Wildman–Crippen MR) is 127 cm³/mol. The summed E-state index contributed by atoms with van der Waals surface area (Å²) < 4.78 is 0. The summed E-state index contributed by atoms with van der Waals surface area (Å²) in [7, 11) is 0. The third-order valence-electron chi connectivity index (χ3n) is 4.59. The van der Waals surface area contributed by atoms with E-state index >= 15 is 0 Å². The summed E-state index contributed by atoms with van der Waals surface area (Å²) in [6.45, 7) is 0.164. The maximum atomic E-state index is 12.8. The van der Waals surface area contributed by atoms with Crippen molar-refractivity contribution < 1.29 is 9.59 Å². The molecule has 2 aromatic carbocycles. The zero-order chi connectivity index (χ0) is 21.2. The number of benzene rings is 2. The summed E-state index contributed by atoms with van der Waals surface area (Å²) in [6, 6.07) is 19.7. The molecule has 8 heteroatoms. The first-order chi connectivity index (χ1) is 15.2. The van der Waals surface area contributed by atoms with Crippen molar-refractivity contribution in [2.24, 2.45) is 0 Å². The van der Waals surface area contributed by atoms with Gasteiger partial charge >= 0.3 is 0 Å². The van der Waals surface area contributed by atoms with Gasteiger partial charge < -0.3 is 0 Å². The summed E-state index contributed by atoms with van der Waals surface area (Å²) in [4.78, 5) is 36.1. The van der Waals surface area contributed by atoms with E-state index in [2.05, 4.69) is 9.97 Å². The van der Waals surface area contributed by atoms with Crippen molar-refractivity contribution in [3.63, 3.8) is 0 Å².